The van der Waals surface area contributed by atoms with Crippen molar-refractivity contribution in [3.63, 3.8) is 0 Å². The minimum absolute atomic E-state index is 0.323. The zero-order valence-corrected chi connectivity index (χ0v) is 14.1. The molecule has 0 saturated carbocycles. The molecular formula is C16H14BBrFNO3. The van der Waals surface area contributed by atoms with E-state index in [-0.39, 0.29) is 5.91 Å². The molecule has 2 aromatic carbocycles. The number of nitrogens with one attached hydrogen (secondary N) is 1. The molecule has 23 heavy (non-hydrogen) atoms. The molecule has 0 fully saturated rings. The van der Waals surface area contributed by atoms with Gasteiger partial charge in [0.2, 0.25) is 0 Å². The lowest BCUT2D eigenvalue weighted by Gasteiger charge is -2.19. The Balaban J connectivity index is 1.87. The van der Waals surface area contributed by atoms with Gasteiger partial charge in [-0.3, -0.25) is 4.79 Å². The van der Waals surface area contributed by atoms with Crippen LogP contribution in [0.2, 0.25) is 0 Å². The predicted octanol–water partition coefficient (Wildman–Crippen LogP) is 2.79. The summed E-state index contributed by atoms with van der Waals surface area (Å²) in [5.74, 6) is -0.794. The fourth-order valence-electron chi connectivity index (χ4n) is 2.67. The Labute approximate surface area is 141 Å². The van der Waals surface area contributed by atoms with Crippen molar-refractivity contribution in [2.24, 2.45) is 0 Å². The van der Waals surface area contributed by atoms with Gasteiger partial charge in [0.15, 0.2) is 0 Å². The molecule has 0 aromatic heterocycles. The molecule has 2 N–H and O–H groups in total. The monoisotopic (exact) mass is 377 g/mol. The average Bonchev–Trinajstić information content (AvgIpc) is 2.68. The van der Waals surface area contributed by atoms with E-state index < -0.39 is 18.5 Å². The van der Waals surface area contributed by atoms with Crippen LogP contribution in [0.1, 0.15) is 29.8 Å². The van der Waals surface area contributed by atoms with Crippen molar-refractivity contribution in [3.05, 3.63) is 57.8 Å². The van der Waals surface area contributed by atoms with Crippen LogP contribution in [0.5, 0.6) is 0 Å². The molecule has 0 unspecified atom stereocenters. The third-order valence-corrected chi connectivity index (χ3v) is 4.46. The number of amides is 1. The van der Waals surface area contributed by atoms with Crippen molar-refractivity contribution in [1.29, 1.82) is 0 Å². The van der Waals surface area contributed by atoms with Crippen molar-refractivity contribution >= 4 is 40.1 Å². The van der Waals surface area contributed by atoms with Crippen molar-refractivity contribution < 1.29 is 18.9 Å². The highest BCUT2D eigenvalue weighted by molar-refractivity contribution is 9.10. The number of benzene rings is 2. The average molecular weight is 378 g/mol. The Morgan fingerprint density at radius 2 is 2.04 bits per heavy atom. The minimum atomic E-state index is -1.02. The number of fused-ring (bicyclic) bond motifs is 1. The fraction of sp³-hybridized carbons (Fsp3) is 0.188. The second kappa shape index (κ2) is 5.74. The van der Waals surface area contributed by atoms with Crippen LogP contribution >= 0.6 is 15.9 Å². The first-order chi connectivity index (χ1) is 10.8. The maximum Gasteiger partial charge on any atom is 0.492 e. The minimum Gasteiger partial charge on any atom is -0.423 e. The Morgan fingerprint density at radius 1 is 1.30 bits per heavy atom. The van der Waals surface area contributed by atoms with E-state index in [1.165, 1.54) is 18.2 Å². The van der Waals surface area contributed by atoms with Crippen LogP contribution < -0.4 is 10.8 Å². The molecule has 3 rings (SSSR count). The molecule has 4 nitrogen and oxygen atoms in total. The number of hydrogen-bond donors (Lipinski definition) is 2. The van der Waals surface area contributed by atoms with Gasteiger partial charge in [-0.2, -0.15) is 0 Å². The van der Waals surface area contributed by atoms with Gasteiger partial charge in [0.05, 0.1) is 11.2 Å². The fourth-order valence-corrected chi connectivity index (χ4v) is 3.20. The largest absolute Gasteiger partial charge is 0.492 e. The molecule has 0 spiro atoms. The summed E-state index contributed by atoms with van der Waals surface area (Å²) in [4.78, 5) is 12.3. The molecule has 1 aliphatic rings. The first-order valence-electron chi connectivity index (χ1n) is 7.04. The quantitative estimate of drug-likeness (QED) is 0.791. The molecule has 7 heteroatoms. The number of carbonyl (C=O) groups is 1. The van der Waals surface area contributed by atoms with Gasteiger partial charge in [-0.05, 0) is 71.1 Å². The molecule has 1 heterocycles. The maximum absolute atomic E-state index is 13.1. The Kier molecular flexibility index (Phi) is 4.04. The summed E-state index contributed by atoms with van der Waals surface area (Å²) in [6.45, 7) is 3.74. The molecular weight excluding hydrogens is 364 g/mol. The van der Waals surface area contributed by atoms with Gasteiger partial charge in [0.1, 0.15) is 5.82 Å². The van der Waals surface area contributed by atoms with Crippen LogP contribution in [0.4, 0.5) is 10.1 Å². The van der Waals surface area contributed by atoms with Crippen LogP contribution in [0.15, 0.2) is 40.9 Å². The summed E-state index contributed by atoms with van der Waals surface area (Å²) < 4.78 is 19.0. The van der Waals surface area contributed by atoms with E-state index in [9.17, 15) is 14.2 Å². The van der Waals surface area contributed by atoms with E-state index in [2.05, 4.69) is 21.2 Å². The zero-order chi connectivity index (χ0) is 16.8. The molecule has 0 bridgehead atoms. The topological polar surface area (TPSA) is 58.6 Å². The molecule has 0 radical (unpaired) electrons. The first kappa shape index (κ1) is 16.2. The maximum atomic E-state index is 13.1. The summed E-state index contributed by atoms with van der Waals surface area (Å²) in [6.07, 6.45) is 0. The third-order valence-electron chi connectivity index (χ3n) is 3.81. The molecule has 0 saturated heterocycles. The van der Waals surface area contributed by atoms with Gasteiger partial charge in [0.25, 0.3) is 5.91 Å². The summed E-state index contributed by atoms with van der Waals surface area (Å²) in [6, 6.07) is 9.12. The van der Waals surface area contributed by atoms with Crippen molar-refractivity contribution in [2.75, 3.05) is 5.32 Å². The van der Waals surface area contributed by atoms with Crippen LogP contribution in [-0.4, -0.2) is 18.0 Å². The van der Waals surface area contributed by atoms with E-state index in [1.807, 2.05) is 19.9 Å². The highest BCUT2D eigenvalue weighted by atomic mass is 79.9. The van der Waals surface area contributed by atoms with Crippen LogP contribution in [-0.2, 0) is 10.3 Å². The lowest BCUT2D eigenvalue weighted by molar-refractivity contribution is 0.100. The van der Waals surface area contributed by atoms with E-state index in [1.54, 1.807) is 12.1 Å². The third kappa shape index (κ3) is 3.04. The van der Waals surface area contributed by atoms with Crippen molar-refractivity contribution in [3.8, 4) is 0 Å². The molecule has 118 valence electrons. The van der Waals surface area contributed by atoms with Gasteiger partial charge in [-0.25, -0.2) is 4.39 Å². The number of halogens is 2. The summed E-state index contributed by atoms with van der Waals surface area (Å²) >= 11 is 3.17. The van der Waals surface area contributed by atoms with E-state index in [0.29, 0.717) is 21.2 Å². The van der Waals surface area contributed by atoms with Crippen molar-refractivity contribution in [2.45, 2.75) is 19.4 Å². The van der Waals surface area contributed by atoms with E-state index in [4.69, 9.17) is 4.65 Å². The lowest BCUT2D eigenvalue weighted by Crippen LogP contribution is -2.29. The van der Waals surface area contributed by atoms with Crippen LogP contribution in [0.3, 0.4) is 0 Å². The summed E-state index contributed by atoms with van der Waals surface area (Å²) in [5.41, 5.74) is 1.79. The van der Waals surface area contributed by atoms with Gasteiger partial charge >= 0.3 is 7.12 Å². The SMILES string of the molecule is CC1(C)OB(O)c2cc(NC(=O)c3ccc(F)cc3Br)ccc21. The van der Waals surface area contributed by atoms with Gasteiger partial charge in [-0.1, -0.05) is 6.07 Å². The standard InChI is InChI=1S/C16H14BBrFNO3/c1-16(2)12-6-4-10(8-13(12)17(22)23-16)20-15(21)11-5-3-9(19)7-14(11)18/h3-8,22H,1-2H3,(H,20,21). The number of hydrogen-bond acceptors (Lipinski definition) is 3. The predicted molar refractivity (Wildman–Crippen MR) is 90.2 cm³/mol. The first-order valence-corrected chi connectivity index (χ1v) is 7.84. The molecule has 0 aliphatic carbocycles. The van der Waals surface area contributed by atoms with Crippen LogP contribution in [0.25, 0.3) is 0 Å². The molecule has 1 aliphatic heterocycles. The Morgan fingerprint density at radius 3 is 2.74 bits per heavy atom. The molecule has 2 aromatic rings. The second-order valence-corrected chi connectivity index (χ2v) is 6.72. The summed E-state index contributed by atoms with van der Waals surface area (Å²) in [5, 5.41) is 12.7. The number of rotatable bonds is 2. The number of carbonyl (C=O) groups excluding carboxylic acids is 1. The van der Waals surface area contributed by atoms with Gasteiger partial charge < -0.3 is 15.0 Å². The van der Waals surface area contributed by atoms with E-state index >= 15 is 0 Å². The second-order valence-electron chi connectivity index (χ2n) is 5.86. The van der Waals surface area contributed by atoms with E-state index in [0.717, 1.165) is 5.56 Å². The summed E-state index contributed by atoms with van der Waals surface area (Å²) in [7, 11) is -1.02. The zero-order valence-electron chi connectivity index (χ0n) is 12.6. The molecule has 1 amide bonds. The number of anilines is 1. The molecule has 0 atom stereocenters. The van der Waals surface area contributed by atoms with Gasteiger partial charge in [0, 0.05) is 10.2 Å². The highest BCUT2D eigenvalue weighted by Gasteiger charge is 2.40. The smallest absolute Gasteiger partial charge is 0.423 e. The Hall–Kier alpha value is -1.70. The highest BCUT2D eigenvalue weighted by Crippen LogP contribution is 2.31. The Bertz CT molecular complexity index is 797. The van der Waals surface area contributed by atoms with Crippen LogP contribution in [0, 0.1) is 5.82 Å². The van der Waals surface area contributed by atoms with Crippen molar-refractivity contribution in [1.82, 2.24) is 0 Å². The lowest BCUT2D eigenvalue weighted by atomic mass is 9.78. The normalized spacial score (nSPS) is 15.4. The van der Waals surface area contributed by atoms with Gasteiger partial charge in [-0.15, -0.1) is 0 Å².